The Morgan fingerprint density at radius 2 is 2.13 bits per heavy atom. The maximum Gasteiger partial charge on any atom is 0.307 e. The lowest BCUT2D eigenvalue weighted by atomic mass is 10.3. The van der Waals surface area contributed by atoms with Crippen molar-refractivity contribution in [1.29, 1.82) is 0 Å². The number of rotatable bonds is 7. The average Bonchev–Trinajstić information content (AvgIpc) is 2.85. The van der Waals surface area contributed by atoms with Gasteiger partial charge in [0.1, 0.15) is 6.61 Å². The van der Waals surface area contributed by atoms with Gasteiger partial charge in [0.05, 0.1) is 6.54 Å². The number of carbonyl (C=O) groups excluding carboxylic acids is 1. The number of carbonyl (C=O) groups is 1. The van der Waals surface area contributed by atoms with Crippen LogP contribution in [0, 0.1) is 12.7 Å². The zero-order valence-corrected chi connectivity index (χ0v) is 13.9. The number of aryl methyl sites for hydroxylation is 1. The number of hydrogen-bond donors (Lipinski definition) is 0. The van der Waals surface area contributed by atoms with Crippen LogP contribution in [0.4, 0.5) is 4.39 Å². The van der Waals surface area contributed by atoms with Gasteiger partial charge in [-0.2, -0.15) is 0 Å². The van der Waals surface area contributed by atoms with Gasteiger partial charge in [-0.1, -0.05) is 23.5 Å². The monoisotopic (exact) mass is 338 g/mol. The van der Waals surface area contributed by atoms with Crippen LogP contribution in [0.5, 0.6) is 5.75 Å². The Morgan fingerprint density at radius 3 is 2.78 bits per heavy atom. The number of para-hydroxylation sites is 1. The lowest BCUT2D eigenvalue weighted by Gasteiger charge is -2.18. The minimum Gasteiger partial charge on any atom is -0.489 e. The molecule has 0 saturated heterocycles. The molecule has 0 bridgehead atoms. The first kappa shape index (κ1) is 17.2. The number of thiazole rings is 1. The quantitative estimate of drug-likeness (QED) is 0.778. The Balaban J connectivity index is 1.77. The first-order valence-corrected chi connectivity index (χ1v) is 8.13. The molecule has 0 N–H and O–H groups in total. The van der Waals surface area contributed by atoms with Crippen LogP contribution < -0.4 is 9.61 Å². The Labute approximate surface area is 137 Å². The normalized spacial score (nSPS) is 10.6. The molecule has 0 aliphatic carbocycles. The summed E-state index contributed by atoms with van der Waals surface area (Å²) in [7, 11) is 1.66. The molecular weight excluding hydrogens is 319 g/mol. The zero-order chi connectivity index (χ0) is 16.8. The molecule has 0 atom stereocenters. The van der Waals surface area contributed by atoms with E-state index in [2.05, 4.69) is 0 Å². The third-order valence-electron chi connectivity index (χ3n) is 3.47. The number of hydrogen-bond acceptors (Lipinski definition) is 4. The Bertz CT molecular complexity index is 726. The van der Waals surface area contributed by atoms with E-state index >= 15 is 0 Å². The third-order valence-corrected chi connectivity index (χ3v) is 4.35. The molecule has 1 aromatic carbocycles. The van der Waals surface area contributed by atoms with Crippen LogP contribution in [0.2, 0.25) is 0 Å². The molecule has 0 fully saturated rings. The smallest absolute Gasteiger partial charge is 0.307 e. The van der Waals surface area contributed by atoms with Crippen LogP contribution >= 0.6 is 11.3 Å². The van der Waals surface area contributed by atoms with E-state index in [1.54, 1.807) is 35.2 Å². The molecule has 2 rings (SSSR count). The summed E-state index contributed by atoms with van der Waals surface area (Å²) in [5.74, 6) is -0.331. The number of amides is 1. The number of nitrogens with zero attached hydrogens (tertiary/aromatic N) is 2. The summed E-state index contributed by atoms with van der Waals surface area (Å²) in [5.41, 5.74) is 0.860. The van der Waals surface area contributed by atoms with Gasteiger partial charge in [-0.15, -0.1) is 0 Å². The van der Waals surface area contributed by atoms with Gasteiger partial charge in [-0.05, 0) is 19.1 Å². The van der Waals surface area contributed by atoms with Crippen LogP contribution in [0.15, 0.2) is 34.4 Å². The number of ether oxygens (including phenoxy) is 1. The van der Waals surface area contributed by atoms with Crippen molar-refractivity contribution in [2.45, 2.75) is 19.9 Å². The van der Waals surface area contributed by atoms with Gasteiger partial charge in [0.25, 0.3) is 0 Å². The van der Waals surface area contributed by atoms with Crippen molar-refractivity contribution in [2.24, 2.45) is 0 Å². The summed E-state index contributed by atoms with van der Waals surface area (Å²) in [6, 6.07) is 6.15. The van der Waals surface area contributed by atoms with Gasteiger partial charge < -0.3 is 14.2 Å². The van der Waals surface area contributed by atoms with Crippen molar-refractivity contribution in [2.75, 3.05) is 20.2 Å². The second kappa shape index (κ2) is 7.92. The number of likely N-dealkylation sites (N-methyl/N-ethyl adjacent to an activating group) is 1. The van der Waals surface area contributed by atoms with Gasteiger partial charge in [0.2, 0.25) is 5.91 Å². The van der Waals surface area contributed by atoms with E-state index in [-0.39, 0.29) is 29.6 Å². The van der Waals surface area contributed by atoms with E-state index in [1.807, 2.05) is 6.92 Å². The Morgan fingerprint density at radius 1 is 1.39 bits per heavy atom. The summed E-state index contributed by atoms with van der Waals surface area (Å²) >= 11 is 1.13. The van der Waals surface area contributed by atoms with Gasteiger partial charge in [0, 0.05) is 31.1 Å². The van der Waals surface area contributed by atoms with Crippen molar-refractivity contribution in [3.8, 4) is 5.75 Å². The molecule has 1 heterocycles. The van der Waals surface area contributed by atoms with Crippen molar-refractivity contribution in [1.82, 2.24) is 9.47 Å². The SMILES string of the molecule is Cc1csc(=O)n1CCC(=O)N(C)CCOc1ccccc1F. The van der Waals surface area contributed by atoms with Gasteiger partial charge in [0.15, 0.2) is 11.6 Å². The van der Waals surface area contributed by atoms with E-state index in [0.717, 1.165) is 17.0 Å². The summed E-state index contributed by atoms with van der Waals surface area (Å²) in [4.78, 5) is 25.1. The fourth-order valence-electron chi connectivity index (χ4n) is 2.05. The predicted octanol–water partition coefficient (Wildman–Crippen LogP) is 2.28. The number of halogens is 1. The molecule has 1 aromatic heterocycles. The number of benzene rings is 1. The highest BCUT2D eigenvalue weighted by atomic mass is 32.1. The molecule has 0 aliphatic rings. The fourth-order valence-corrected chi connectivity index (χ4v) is 2.81. The lowest BCUT2D eigenvalue weighted by molar-refractivity contribution is -0.130. The van der Waals surface area contributed by atoms with Crippen LogP contribution in [-0.4, -0.2) is 35.6 Å². The maximum absolute atomic E-state index is 13.4. The molecule has 0 spiro atoms. The fraction of sp³-hybridized carbons (Fsp3) is 0.375. The highest BCUT2D eigenvalue weighted by Gasteiger charge is 2.11. The molecule has 23 heavy (non-hydrogen) atoms. The Kier molecular flexibility index (Phi) is 5.92. The van der Waals surface area contributed by atoms with Crippen LogP contribution in [-0.2, 0) is 11.3 Å². The first-order chi connectivity index (χ1) is 11.0. The molecule has 0 unspecified atom stereocenters. The third kappa shape index (κ3) is 4.66. The van der Waals surface area contributed by atoms with E-state index in [0.29, 0.717) is 13.1 Å². The highest BCUT2D eigenvalue weighted by Crippen LogP contribution is 2.15. The minimum atomic E-state index is -0.422. The molecule has 0 aliphatic heterocycles. The molecular formula is C16H19FN2O3S. The second-order valence-corrected chi connectivity index (χ2v) is 5.96. The topological polar surface area (TPSA) is 51.5 Å². The van der Waals surface area contributed by atoms with Crippen molar-refractivity contribution in [3.63, 3.8) is 0 Å². The van der Waals surface area contributed by atoms with Crippen molar-refractivity contribution < 1.29 is 13.9 Å². The average molecular weight is 338 g/mol. The summed E-state index contributed by atoms with van der Waals surface area (Å²) in [5, 5.41) is 1.78. The van der Waals surface area contributed by atoms with Crippen molar-refractivity contribution in [3.05, 3.63) is 50.8 Å². The highest BCUT2D eigenvalue weighted by molar-refractivity contribution is 7.07. The summed E-state index contributed by atoms with van der Waals surface area (Å²) < 4.78 is 20.3. The van der Waals surface area contributed by atoms with E-state index in [1.165, 1.54) is 11.0 Å². The molecule has 124 valence electrons. The zero-order valence-electron chi connectivity index (χ0n) is 13.1. The molecule has 1 amide bonds. The standard InChI is InChI=1S/C16H19FN2O3S/c1-12-11-23-16(21)19(12)8-7-15(20)18(2)9-10-22-14-6-4-3-5-13(14)17/h3-6,11H,7-10H2,1-2H3. The van der Waals surface area contributed by atoms with Crippen LogP contribution in [0.1, 0.15) is 12.1 Å². The predicted molar refractivity (Wildman–Crippen MR) is 87.5 cm³/mol. The molecule has 2 aromatic rings. The van der Waals surface area contributed by atoms with E-state index in [4.69, 9.17) is 4.74 Å². The van der Waals surface area contributed by atoms with E-state index in [9.17, 15) is 14.0 Å². The maximum atomic E-state index is 13.4. The van der Waals surface area contributed by atoms with Gasteiger partial charge in [-0.3, -0.25) is 9.59 Å². The first-order valence-electron chi connectivity index (χ1n) is 7.25. The Hall–Kier alpha value is -2.15. The van der Waals surface area contributed by atoms with Gasteiger partial charge >= 0.3 is 4.87 Å². The minimum absolute atomic E-state index is 0.0548. The van der Waals surface area contributed by atoms with Crippen LogP contribution in [0.3, 0.4) is 0 Å². The molecule has 0 radical (unpaired) electrons. The van der Waals surface area contributed by atoms with E-state index < -0.39 is 5.82 Å². The van der Waals surface area contributed by atoms with Gasteiger partial charge in [-0.25, -0.2) is 4.39 Å². The van der Waals surface area contributed by atoms with Crippen molar-refractivity contribution >= 4 is 17.2 Å². The largest absolute Gasteiger partial charge is 0.489 e. The summed E-state index contributed by atoms with van der Waals surface area (Å²) in [6.45, 7) is 2.77. The molecule has 0 saturated carbocycles. The molecule has 7 heteroatoms. The molecule has 5 nitrogen and oxygen atoms in total. The summed E-state index contributed by atoms with van der Waals surface area (Å²) in [6.07, 6.45) is 0.244. The van der Waals surface area contributed by atoms with Crippen LogP contribution in [0.25, 0.3) is 0 Å². The second-order valence-electron chi connectivity index (χ2n) is 5.14. The number of aromatic nitrogens is 1. The lowest BCUT2D eigenvalue weighted by Crippen LogP contribution is -2.32.